The highest BCUT2D eigenvalue weighted by atomic mass is 35.5. The summed E-state index contributed by atoms with van der Waals surface area (Å²) in [4.78, 5) is 40.0. The van der Waals surface area contributed by atoms with Gasteiger partial charge in [-0.3, -0.25) is 19.3 Å². The Morgan fingerprint density at radius 2 is 1.76 bits per heavy atom. The quantitative estimate of drug-likeness (QED) is 0.318. The van der Waals surface area contributed by atoms with Crippen LogP contribution in [-0.2, 0) is 20.0 Å². The number of carbonyl (C=O) groups is 3. The molecular weight excluding hydrogens is 456 g/mol. The Balaban J connectivity index is 0.00000306. The number of Topliss-reactive ketones (excluding diaryl/α,β-unsaturated/α-hetero) is 2. The van der Waals surface area contributed by atoms with E-state index in [0.29, 0.717) is 0 Å². The first-order valence-corrected chi connectivity index (χ1v) is 9.97. The van der Waals surface area contributed by atoms with Gasteiger partial charge in [-0.25, -0.2) is 0 Å². The van der Waals surface area contributed by atoms with Crippen LogP contribution in [0.25, 0.3) is 5.76 Å². The number of likely N-dealkylation sites (N-methyl/N-ethyl adjacent to an activating group) is 1. The van der Waals surface area contributed by atoms with E-state index in [1.165, 1.54) is 44.1 Å². The fourth-order valence-corrected chi connectivity index (χ4v) is 5.50. The number of hydrogen-bond donors (Lipinski definition) is 6. The van der Waals surface area contributed by atoms with Gasteiger partial charge in [-0.05, 0) is 39.1 Å². The van der Waals surface area contributed by atoms with Crippen molar-refractivity contribution in [3.63, 3.8) is 0 Å². The van der Waals surface area contributed by atoms with Gasteiger partial charge in [0.25, 0.3) is 5.91 Å². The van der Waals surface area contributed by atoms with Gasteiger partial charge in [0.05, 0.1) is 17.2 Å². The molecule has 1 unspecified atom stereocenters. The van der Waals surface area contributed by atoms with Crippen molar-refractivity contribution in [1.29, 1.82) is 0 Å². The minimum Gasteiger partial charge on any atom is -0.508 e. The number of aliphatic hydroxyl groups excluding tert-OH is 2. The SMILES string of the molecule is CN(C)[C@H]1C(=O)C(C(N)=O)=C(O)[C@]2(O)C(=O)C3=C(O)c4c(O)cccc4[C@](C)(O)C3C[C@H]12.Cl. The number of aromatic hydroxyl groups is 1. The van der Waals surface area contributed by atoms with Crippen LogP contribution in [0.5, 0.6) is 5.75 Å². The highest BCUT2D eigenvalue weighted by Crippen LogP contribution is 2.57. The number of halogens is 1. The third-order valence-electron chi connectivity index (χ3n) is 7.02. The summed E-state index contributed by atoms with van der Waals surface area (Å²) in [6.07, 6.45) is -0.200. The Kier molecular flexibility index (Phi) is 5.66. The van der Waals surface area contributed by atoms with Gasteiger partial charge in [0.2, 0.25) is 5.78 Å². The second-order valence-electron chi connectivity index (χ2n) is 8.96. The van der Waals surface area contributed by atoms with Crippen LogP contribution >= 0.6 is 12.4 Å². The molecule has 11 heteroatoms. The zero-order chi connectivity index (χ0) is 23.9. The first-order valence-electron chi connectivity index (χ1n) is 9.97. The van der Waals surface area contributed by atoms with Gasteiger partial charge in [-0.2, -0.15) is 0 Å². The summed E-state index contributed by atoms with van der Waals surface area (Å²) >= 11 is 0. The summed E-state index contributed by atoms with van der Waals surface area (Å²) in [5.74, 6) is -7.90. The number of aliphatic hydroxyl groups is 4. The van der Waals surface area contributed by atoms with Crippen molar-refractivity contribution < 1.29 is 39.9 Å². The van der Waals surface area contributed by atoms with Crippen LogP contribution in [0.2, 0.25) is 0 Å². The second kappa shape index (κ2) is 7.56. The number of hydrogen-bond acceptors (Lipinski definition) is 9. The predicted molar refractivity (Wildman–Crippen MR) is 117 cm³/mol. The number of nitrogens with two attached hydrogens (primary N) is 1. The van der Waals surface area contributed by atoms with Crippen LogP contribution in [0.1, 0.15) is 24.5 Å². The highest BCUT2D eigenvalue weighted by molar-refractivity contribution is 6.24. The molecule has 4 rings (SSSR count). The van der Waals surface area contributed by atoms with Crippen LogP contribution in [0.4, 0.5) is 0 Å². The fraction of sp³-hybridized carbons (Fsp3) is 0.409. The average Bonchev–Trinajstić information content (AvgIpc) is 2.68. The van der Waals surface area contributed by atoms with Crippen molar-refractivity contribution in [1.82, 2.24) is 4.90 Å². The second-order valence-corrected chi connectivity index (χ2v) is 8.96. The summed E-state index contributed by atoms with van der Waals surface area (Å²) in [6, 6.07) is 3.02. The van der Waals surface area contributed by atoms with Crippen molar-refractivity contribution in [2.75, 3.05) is 14.1 Å². The largest absolute Gasteiger partial charge is 0.508 e. The maximum absolute atomic E-state index is 13.7. The molecule has 10 nitrogen and oxygen atoms in total. The Labute approximate surface area is 195 Å². The van der Waals surface area contributed by atoms with Crippen molar-refractivity contribution in [3.8, 4) is 5.75 Å². The summed E-state index contributed by atoms with van der Waals surface area (Å²) in [7, 11) is 3.01. The molecule has 1 amide bonds. The molecule has 0 radical (unpaired) electrons. The standard InChI is InChI=1S/C22H24N2O8.ClH/c1-21(31)8-5-4-6-11(25)12(8)16(26)13-9(21)7-10-15(24(2)3)17(27)14(20(23)30)19(29)22(10,32)18(13)28;/h4-6,9-10,15,25-26,29,31-32H,7H2,1-3H3,(H2,23,30);1H/t9?,10-,15-,21+,22-;/m1./s1. The summed E-state index contributed by atoms with van der Waals surface area (Å²) in [5, 5.41) is 54.9. The molecular formula is C22H25ClN2O8. The van der Waals surface area contributed by atoms with Gasteiger partial charge in [-0.15, -0.1) is 12.4 Å². The van der Waals surface area contributed by atoms with Gasteiger partial charge >= 0.3 is 0 Å². The third-order valence-corrected chi connectivity index (χ3v) is 7.02. The number of rotatable bonds is 2. The number of primary amides is 1. The number of benzene rings is 1. The predicted octanol–water partition coefficient (Wildman–Crippen LogP) is 0.0508. The topological polar surface area (TPSA) is 182 Å². The van der Waals surface area contributed by atoms with Gasteiger partial charge in [0.15, 0.2) is 11.4 Å². The lowest BCUT2D eigenvalue weighted by molar-refractivity contribution is -0.159. The monoisotopic (exact) mass is 480 g/mol. The van der Waals surface area contributed by atoms with E-state index in [9.17, 15) is 39.9 Å². The van der Waals surface area contributed by atoms with Crippen LogP contribution in [0, 0.1) is 11.8 Å². The van der Waals surface area contributed by atoms with E-state index in [0.717, 1.165) is 0 Å². The lowest BCUT2D eigenvalue weighted by atomic mass is 9.54. The summed E-state index contributed by atoms with van der Waals surface area (Å²) in [5.41, 5.74) is -0.548. The van der Waals surface area contributed by atoms with E-state index in [1.54, 1.807) is 0 Å². The van der Waals surface area contributed by atoms with Crippen molar-refractivity contribution in [3.05, 3.63) is 46.2 Å². The average molecular weight is 481 g/mol. The number of phenols is 1. The maximum Gasteiger partial charge on any atom is 0.255 e. The van der Waals surface area contributed by atoms with Crippen LogP contribution in [0.3, 0.4) is 0 Å². The molecule has 0 bridgehead atoms. The Hall–Kier alpha value is -2.92. The molecule has 7 N–H and O–H groups in total. The molecule has 0 saturated heterocycles. The molecule has 1 fully saturated rings. The molecule has 1 aromatic rings. The normalized spacial score (nSPS) is 33.3. The molecule has 0 aliphatic heterocycles. The molecule has 0 heterocycles. The van der Waals surface area contributed by atoms with Gasteiger partial charge in [0.1, 0.15) is 22.8 Å². The van der Waals surface area contributed by atoms with E-state index in [4.69, 9.17) is 5.73 Å². The van der Waals surface area contributed by atoms with Crippen LogP contribution in [-0.4, -0.2) is 73.6 Å². The fourth-order valence-electron chi connectivity index (χ4n) is 5.50. The minimum atomic E-state index is -2.75. The Morgan fingerprint density at radius 1 is 1.15 bits per heavy atom. The minimum absolute atomic E-state index is 0. The molecule has 5 atom stereocenters. The molecule has 0 spiro atoms. The van der Waals surface area contributed by atoms with Crippen molar-refractivity contribution >= 4 is 35.6 Å². The number of phenolic OH excluding ortho intramolecular Hbond substituents is 1. The highest BCUT2D eigenvalue weighted by Gasteiger charge is 2.66. The summed E-state index contributed by atoms with van der Waals surface area (Å²) in [6.45, 7) is 1.40. The van der Waals surface area contributed by atoms with Crippen molar-refractivity contribution in [2.45, 2.75) is 30.6 Å². The van der Waals surface area contributed by atoms with E-state index in [-0.39, 0.29) is 30.0 Å². The number of fused-ring (bicyclic) bond motifs is 3. The molecule has 1 aromatic carbocycles. The van der Waals surface area contributed by atoms with Crippen molar-refractivity contribution in [2.24, 2.45) is 17.6 Å². The zero-order valence-corrected chi connectivity index (χ0v) is 18.9. The zero-order valence-electron chi connectivity index (χ0n) is 18.1. The Bertz CT molecular complexity index is 1160. The molecule has 3 aliphatic carbocycles. The lowest BCUT2D eigenvalue weighted by Gasteiger charge is -2.53. The van der Waals surface area contributed by atoms with E-state index in [2.05, 4.69) is 0 Å². The van der Waals surface area contributed by atoms with E-state index >= 15 is 0 Å². The van der Waals surface area contributed by atoms with Gasteiger partial charge < -0.3 is 31.3 Å². The van der Waals surface area contributed by atoms with Gasteiger partial charge in [0, 0.05) is 17.4 Å². The lowest BCUT2D eigenvalue weighted by Crippen LogP contribution is -2.67. The maximum atomic E-state index is 13.7. The van der Waals surface area contributed by atoms with Gasteiger partial charge in [-0.1, -0.05) is 12.1 Å². The number of amides is 1. The number of ketones is 2. The molecule has 178 valence electrons. The summed E-state index contributed by atoms with van der Waals surface area (Å²) < 4.78 is 0. The third kappa shape index (κ3) is 2.95. The molecule has 1 saturated carbocycles. The molecule has 0 aromatic heterocycles. The van der Waals surface area contributed by atoms with Crippen LogP contribution < -0.4 is 5.73 Å². The number of carbonyl (C=O) groups excluding carboxylic acids is 3. The molecule has 3 aliphatic rings. The van der Waals surface area contributed by atoms with E-state index < -0.39 is 75.0 Å². The smallest absolute Gasteiger partial charge is 0.255 e. The number of nitrogens with zero attached hydrogens (tertiary/aromatic N) is 1. The van der Waals surface area contributed by atoms with E-state index in [1.807, 2.05) is 0 Å². The Morgan fingerprint density at radius 3 is 2.30 bits per heavy atom. The first-order chi connectivity index (χ1) is 14.8. The molecule has 33 heavy (non-hydrogen) atoms. The first kappa shape index (κ1) is 24.7. The van der Waals surface area contributed by atoms with Crippen LogP contribution in [0.15, 0.2) is 35.1 Å².